The zero-order valence-corrected chi connectivity index (χ0v) is 14.4. The molecule has 0 bridgehead atoms. The molecule has 5 nitrogen and oxygen atoms in total. The van der Waals surface area contributed by atoms with Crippen LogP contribution in [0, 0.1) is 35.3 Å². The molecule has 11 heteroatoms. The maximum absolute atomic E-state index is 13.6. The molecule has 0 unspecified atom stereocenters. The Morgan fingerprint density at radius 2 is 1.62 bits per heavy atom. The van der Waals surface area contributed by atoms with Gasteiger partial charge in [0.1, 0.15) is 0 Å². The first-order valence-electron chi connectivity index (χ1n) is 6.53. The minimum absolute atomic E-state index is 0. The molecule has 1 N–H and O–H groups in total. The molecule has 1 heterocycles. The molecule has 2 aromatic carbocycles. The number of H-pyrrole nitrogens is 1. The number of hydrogen-bond acceptors (Lipinski definition) is 4. The number of rotatable bonds is 3. The van der Waals surface area contributed by atoms with Crippen LogP contribution in [-0.4, -0.2) is 21.4 Å². The Hall–Kier alpha value is -2.56. The van der Waals surface area contributed by atoms with Crippen molar-refractivity contribution in [2.45, 2.75) is 0 Å². The minimum Gasteiger partial charge on any atom is -0.416 e. The zero-order chi connectivity index (χ0) is 18.1. The number of ether oxygens (including phenoxy) is 1. The van der Waals surface area contributed by atoms with Gasteiger partial charge in [-0.15, -0.1) is 17.7 Å². The molecule has 26 heavy (non-hydrogen) atoms. The molecule has 0 aliphatic carbocycles. The first-order chi connectivity index (χ1) is 11.9. The predicted octanol–water partition coefficient (Wildman–Crippen LogP) is 3.18. The fraction of sp³-hybridized carbons (Fsp3) is 0. The molecule has 1 aromatic heterocycles. The quantitative estimate of drug-likeness (QED) is 0.103. The molecule has 0 fully saturated rings. The van der Waals surface area contributed by atoms with Crippen molar-refractivity contribution in [3.05, 3.63) is 65.1 Å². The van der Waals surface area contributed by atoms with Crippen molar-refractivity contribution in [2.24, 2.45) is 0 Å². The minimum atomic E-state index is -2.35. The Bertz CT molecular complexity index is 937. The number of aromatic nitrogens is 3. The number of nitrogens with one attached hydrogen (secondary N) is 1. The van der Waals surface area contributed by atoms with Gasteiger partial charge in [0, 0.05) is 5.56 Å². The fourth-order valence-electron chi connectivity index (χ4n) is 1.93. The van der Waals surface area contributed by atoms with Gasteiger partial charge in [0.25, 0.3) is 0 Å². The second-order valence-corrected chi connectivity index (χ2v) is 4.67. The largest absolute Gasteiger partial charge is 1.00 e. The first kappa shape index (κ1) is 19.8. The van der Waals surface area contributed by atoms with Crippen molar-refractivity contribution in [1.82, 2.24) is 15.4 Å². The van der Waals surface area contributed by atoms with Crippen LogP contribution < -0.4 is 4.74 Å². The summed E-state index contributed by atoms with van der Waals surface area (Å²) in [6, 6.07) is 5.40. The van der Waals surface area contributed by atoms with Crippen LogP contribution in [0.4, 0.5) is 22.0 Å². The Morgan fingerprint density at radius 3 is 2.19 bits per heavy atom. The van der Waals surface area contributed by atoms with E-state index in [9.17, 15) is 26.7 Å². The zero-order valence-electron chi connectivity index (χ0n) is 12.2. The maximum Gasteiger partial charge on any atom is 1.00 e. The summed E-state index contributed by atoms with van der Waals surface area (Å²) in [6.07, 6.45) is 2.48. The van der Waals surface area contributed by atoms with Gasteiger partial charge < -0.3 is 4.74 Å². The smallest absolute Gasteiger partial charge is 0.416 e. The van der Waals surface area contributed by atoms with Crippen LogP contribution in [0.25, 0.3) is 11.3 Å². The van der Waals surface area contributed by atoms with Gasteiger partial charge in [0.2, 0.25) is 34.8 Å². The number of aromatic amines is 1. The van der Waals surface area contributed by atoms with E-state index in [1.165, 1.54) is 18.2 Å². The molecule has 0 amide bonds. The van der Waals surface area contributed by atoms with Crippen molar-refractivity contribution < 1.29 is 53.9 Å². The molecule has 0 spiro atoms. The van der Waals surface area contributed by atoms with Gasteiger partial charge in [-0.25, -0.2) is 23.1 Å². The summed E-state index contributed by atoms with van der Waals surface area (Å²) in [5, 5.41) is 9.33. The Labute approximate surface area is 157 Å². The molecule has 0 aliphatic rings. The van der Waals surface area contributed by atoms with E-state index in [4.69, 9.17) is 0 Å². The van der Waals surface area contributed by atoms with Crippen molar-refractivity contribution >= 4 is 5.97 Å². The summed E-state index contributed by atoms with van der Waals surface area (Å²) in [5.41, 5.74) is 0.493. The molecule has 3 rings (SSSR count). The van der Waals surface area contributed by atoms with Crippen LogP contribution in [-0.2, 0) is 22.4 Å². The number of carbonyl (C=O) groups is 1. The topological polar surface area (TPSA) is 67.9 Å². The third-order valence-electron chi connectivity index (χ3n) is 3.12. The second kappa shape index (κ2) is 7.77. The Balaban J connectivity index is 0.00000243. The van der Waals surface area contributed by atoms with Crippen molar-refractivity contribution in [3.63, 3.8) is 0 Å². The normalized spacial score (nSPS) is 10.3. The number of esters is 1. The van der Waals surface area contributed by atoms with Gasteiger partial charge in [0.05, 0.1) is 0 Å². The van der Waals surface area contributed by atoms with Gasteiger partial charge in [-0.3, -0.25) is 5.10 Å². The van der Waals surface area contributed by atoms with E-state index in [-0.39, 0.29) is 27.9 Å². The van der Waals surface area contributed by atoms with E-state index in [1.807, 2.05) is 0 Å². The van der Waals surface area contributed by atoms with E-state index < -0.39 is 40.8 Å². The van der Waals surface area contributed by atoms with Gasteiger partial charge in [-0.2, -0.15) is 8.78 Å². The van der Waals surface area contributed by atoms with Crippen LogP contribution in [0.1, 0.15) is 10.4 Å². The average molecular weight is 551 g/mol. The molecule has 0 saturated heterocycles. The SMILES string of the molecule is O=C(Oc1c(F)c(F)c(F)c(F)c1F)c1cccc(-c2[c-]nn[nH]2)c1.[Au+]. The molecule has 3 aromatic rings. The van der Waals surface area contributed by atoms with E-state index in [1.54, 1.807) is 6.07 Å². The molecule has 0 saturated carbocycles. The summed E-state index contributed by atoms with van der Waals surface area (Å²) in [7, 11) is 0. The van der Waals surface area contributed by atoms with E-state index in [0.717, 1.165) is 0 Å². The molecular formula is C15H5AuF5N3O2. The van der Waals surface area contributed by atoms with Gasteiger partial charge in [-0.1, -0.05) is 29.2 Å². The predicted molar refractivity (Wildman–Crippen MR) is 71.8 cm³/mol. The number of carbonyl (C=O) groups excluding carboxylic acids is 1. The number of nitrogens with zero attached hydrogens (tertiary/aromatic N) is 2. The fourth-order valence-corrected chi connectivity index (χ4v) is 1.93. The van der Waals surface area contributed by atoms with Gasteiger partial charge >= 0.3 is 28.3 Å². The molecule has 0 aliphatic heterocycles. The third kappa shape index (κ3) is 3.52. The number of halogens is 5. The van der Waals surface area contributed by atoms with E-state index in [0.29, 0.717) is 11.3 Å². The van der Waals surface area contributed by atoms with E-state index in [2.05, 4.69) is 26.3 Å². The molecule has 138 valence electrons. The number of hydrogen-bond donors (Lipinski definition) is 1. The molecular weight excluding hydrogens is 546 g/mol. The third-order valence-corrected chi connectivity index (χ3v) is 3.12. The van der Waals surface area contributed by atoms with Crippen LogP contribution in [0.5, 0.6) is 5.75 Å². The van der Waals surface area contributed by atoms with Crippen LogP contribution >= 0.6 is 0 Å². The molecule has 0 radical (unpaired) electrons. The molecule has 0 atom stereocenters. The summed E-state index contributed by atoms with van der Waals surface area (Å²) < 4.78 is 70.7. The Kier molecular flexibility index (Phi) is 5.90. The second-order valence-electron chi connectivity index (χ2n) is 4.67. The average Bonchev–Trinajstić information content (AvgIpc) is 3.16. The number of benzene rings is 2. The van der Waals surface area contributed by atoms with Crippen LogP contribution in [0.15, 0.2) is 24.3 Å². The Morgan fingerprint density at radius 1 is 1.00 bits per heavy atom. The van der Waals surface area contributed by atoms with Crippen LogP contribution in [0.3, 0.4) is 0 Å². The monoisotopic (exact) mass is 551 g/mol. The van der Waals surface area contributed by atoms with E-state index >= 15 is 0 Å². The summed E-state index contributed by atoms with van der Waals surface area (Å²) in [5.74, 6) is -14.3. The standard InChI is InChI=1S/C15H5F5N3O2.Au/c16-9-10(17)12(19)14(13(20)11(9)18)25-15(24)7-3-1-2-6(4-7)8-5-21-23-22-8;/h1-4H,(H,21,22,23);/q-1;+1. The van der Waals surface area contributed by atoms with Crippen molar-refractivity contribution in [3.8, 4) is 17.0 Å². The summed E-state index contributed by atoms with van der Waals surface area (Å²) >= 11 is 0. The van der Waals surface area contributed by atoms with Gasteiger partial charge in [0.15, 0.2) is 0 Å². The first-order valence-corrected chi connectivity index (χ1v) is 6.53. The summed E-state index contributed by atoms with van der Waals surface area (Å²) in [4.78, 5) is 12.0. The summed E-state index contributed by atoms with van der Waals surface area (Å²) in [6.45, 7) is 0. The maximum atomic E-state index is 13.6. The van der Waals surface area contributed by atoms with Crippen molar-refractivity contribution in [2.75, 3.05) is 0 Å². The van der Waals surface area contributed by atoms with Crippen LogP contribution in [0.2, 0.25) is 0 Å². The van der Waals surface area contributed by atoms with Gasteiger partial charge in [-0.05, 0) is 0 Å². The van der Waals surface area contributed by atoms with Crippen molar-refractivity contribution in [1.29, 1.82) is 0 Å².